The minimum atomic E-state index is 0.631. The zero-order valence-corrected chi connectivity index (χ0v) is 9.74. The molecule has 2 rings (SSSR count). The Morgan fingerprint density at radius 1 is 1.31 bits per heavy atom. The van der Waals surface area contributed by atoms with Crippen LogP contribution in [0.5, 0.6) is 11.5 Å². The highest BCUT2D eigenvalue weighted by Gasteiger charge is 2.15. The van der Waals surface area contributed by atoms with Gasteiger partial charge < -0.3 is 15.2 Å². The van der Waals surface area contributed by atoms with Gasteiger partial charge in [0.15, 0.2) is 0 Å². The van der Waals surface area contributed by atoms with E-state index in [9.17, 15) is 0 Å². The van der Waals surface area contributed by atoms with Crippen LogP contribution in [0.2, 0.25) is 0 Å². The Kier molecular flexibility index (Phi) is 3.54. The number of methoxy groups -OCH3 is 1. The quantitative estimate of drug-likeness (QED) is 0.795. The van der Waals surface area contributed by atoms with Crippen molar-refractivity contribution >= 4 is 5.69 Å². The Balaban J connectivity index is 1.91. The summed E-state index contributed by atoms with van der Waals surface area (Å²) in [5.74, 6) is 2.27. The van der Waals surface area contributed by atoms with Crippen LogP contribution in [0.1, 0.15) is 25.7 Å². The summed E-state index contributed by atoms with van der Waals surface area (Å²) in [4.78, 5) is 0. The molecule has 1 aromatic carbocycles. The second-order valence-corrected chi connectivity index (χ2v) is 4.37. The molecule has 0 amide bonds. The maximum absolute atomic E-state index is 5.81. The van der Waals surface area contributed by atoms with Crippen molar-refractivity contribution in [1.82, 2.24) is 0 Å². The van der Waals surface area contributed by atoms with Gasteiger partial charge in [0.25, 0.3) is 0 Å². The van der Waals surface area contributed by atoms with Crippen molar-refractivity contribution in [2.45, 2.75) is 25.7 Å². The standard InChI is InChI=1S/C13H19NO2/c1-15-13-7-6-11(8-12(13)14)16-9-10-4-2-3-5-10/h6-8,10H,2-5,9,14H2,1H3. The first-order chi connectivity index (χ1) is 7.79. The number of benzene rings is 1. The molecule has 1 aliphatic carbocycles. The molecule has 0 aliphatic heterocycles. The first kappa shape index (κ1) is 11.1. The number of hydrogen-bond acceptors (Lipinski definition) is 3. The van der Waals surface area contributed by atoms with Gasteiger partial charge in [-0.15, -0.1) is 0 Å². The molecule has 2 N–H and O–H groups in total. The van der Waals surface area contributed by atoms with E-state index in [1.165, 1.54) is 25.7 Å². The van der Waals surface area contributed by atoms with Crippen LogP contribution in [-0.4, -0.2) is 13.7 Å². The number of rotatable bonds is 4. The highest BCUT2D eigenvalue weighted by molar-refractivity contribution is 5.56. The lowest BCUT2D eigenvalue weighted by atomic mass is 10.1. The van der Waals surface area contributed by atoms with Crippen molar-refractivity contribution in [1.29, 1.82) is 0 Å². The number of ether oxygens (including phenoxy) is 2. The van der Waals surface area contributed by atoms with Crippen LogP contribution >= 0.6 is 0 Å². The third-order valence-electron chi connectivity index (χ3n) is 3.16. The van der Waals surface area contributed by atoms with Gasteiger partial charge >= 0.3 is 0 Å². The van der Waals surface area contributed by atoms with E-state index in [0.29, 0.717) is 11.4 Å². The van der Waals surface area contributed by atoms with Crippen molar-refractivity contribution in [2.24, 2.45) is 5.92 Å². The SMILES string of the molecule is COc1ccc(OCC2CCCC2)cc1N. The third-order valence-corrected chi connectivity index (χ3v) is 3.16. The average molecular weight is 221 g/mol. The first-order valence-electron chi connectivity index (χ1n) is 5.86. The van der Waals surface area contributed by atoms with Gasteiger partial charge in [-0.1, -0.05) is 12.8 Å². The van der Waals surface area contributed by atoms with Crippen molar-refractivity contribution in [3.63, 3.8) is 0 Å². The molecule has 0 bridgehead atoms. The molecular weight excluding hydrogens is 202 g/mol. The molecule has 3 heteroatoms. The van der Waals surface area contributed by atoms with Crippen LogP contribution < -0.4 is 15.2 Å². The summed E-state index contributed by atoms with van der Waals surface area (Å²) in [5, 5.41) is 0. The fraction of sp³-hybridized carbons (Fsp3) is 0.538. The smallest absolute Gasteiger partial charge is 0.142 e. The highest BCUT2D eigenvalue weighted by Crippen LogP contribution is 2.28. The molecule has 1 fully saturated rings. The Hall–Kier alpha value is -1.38. The van der Waals surface area contributed by atoms with Gasteiger partial charge in [0, 0.05) is 6.07 Å². The van der Waals surface area contributed by atoms with Gasteiger partial charge in [-0.05, 0) is 30.9 Å². The molecule has 1 aromatic rings. The zero-order chi connectivity index (χ0) is 11.4. The molecule has 1 aliphatic rings. The molecule has 88 valence electrons. The molecule has 0 aromatic heterocycles. The monoisotopic (exact) mass is 221 g/mol. The molecular formula is C13H19NO2. The predicted molar refractivity (Wildman–Crippen MR) is 64.9 cm³/mol. The van der Waals surface area contributed by atoms with E-state index in [-0.39, 0.29) is 0 Å². The Morgan fingerprint density at radius 3 is 2.69 bits per heavy atom. The van der Waals surface area contributed by atoms with Gasteiger partial charge in [-0.3, -0.25) is 0 Å². The van der Waals surface area contributed by atoms with E-state index < -0.39 is 0 Å². The van der Waals surface area contributed by atoms with Crippen molar-refractivity contribution in [3.8, 4) is 11.5 Å². The number of nitrogen functional groups attached to an aromatic ring is 1. The molecule has 1 saturated carbocycles. The molecule has 16 heavy (non-hydrogen) atoms. The van der Waals surface area contributed by atoms with Gasteiger partial charge in [0.2, 0.25) is 0 Å². The van der Waals surface area contributed by atoms with Crippen molar-refractivity contribution < 1.29 is 9.47 Å². The third kappa shape index (κ3) is 2.60. The summed E-state index contributed by atoms with van der Waals surface area (Å²) in [6, 6.07) is 5.58. The normalized spacial score (nSPS) is 16.3. The lowest BCUT2D eigenvalue weighted by Crippen LogP contribution is -2.08. The first-order valence-corrected chi connectivity index (χ1v) is 5.86. The summed E-state index contributed by atoms with van der Waals surface area (Å²) in [5.41, 5.74) is 6.44. The number of nitrogens with two attached hydrogens (primary N) is 1. The van der Waals surface area contributed by atoms with Gasteiger partial charge in [0.1, 0.15) is 11.5 Å². The van der Waals surface area contributed by atoms with Crippen LogP contribution in [0.25, 0.3) is 0 Å². The summed E-state index contributed by atoms with van der Waals surface area (Å²) in [6.07, 6.45) is 5.29. The van der Waals surface area contributed by atoms with Gasteiger partial charge in [-0.25, -0.2) is 0 Å². The van der Waals surface area contributed by atoms with E-state index in [2.05, 4.69) is 0 Å². The van der Waals surface area contributed by atoms with Crippen molar-refractivity contribution in [2.75, 3.05) is 19.5 Å². The minimum absolute atomic E-state index is 0.631. The Labute approximate surface area is 96.5 Å². The predicted octanol–water partition coefficient (Wildman–Crippen LogP) is 2.85. The second-order valence-electron chi connectivity index (χ2n) is 4.37. The maximum atomic E-state index is 5.81. The Bertz CT molecular complexity index is 346. The molecule has 0 radical (unpaired) electrons. The number of anilines is 1. The van der Waals surface area contributed by atoms with Gasteiger partial charge in [-0.2, -0.15) is 0 Å². The minimum Gasteiger partial charge on any atom is -0.495 e. The summed E-state index contributed by atoms with van der Waals surface area (Å²) < 4.78 is 10.8. The second kappa shape index (κ2) is 5.10. The van der Waals surface area contributed by atoms with E-state index in [1.54, 1.807) is 7.11 Å². The fourth-order valence-electron chi connectivity index (χ4n) is 2.19. The van der Waals surface area contributed by atoms with E-state index in [1.807, 2.05) is 18.2 Å². The molecule has 3 nitrogen and oxygen atoms in total. The summed E-state index contributed by atoms with van der Waals surface area (Å²) >= 11 is 0. The lowest BCUT2D eigenvalue weighted by Gasteiger charge is -2.12. The molecule has 0 saturated heterocycles. The van der Waals surface area contributed by atoms with E-state index in [0.717, 1.165) is 18.3 Å². The van der Waals surface area contributed by atoms with Crippen LogP contribution in [0.4, 0.5) is 5.69 Å². The van der Waals surface area contributed by atoms with E-state index in [4.69, 9.17) is 15.2 Å². The lowest BCUT2D eigenvalue weighted by molar-refractivity contribution is 0.252. The average Bonchev–Trinajstić information content (AvgIpc) is 2.79. The molecule has 0 unspecified atom stereocenters. The van der Waals surface area contributed by atoms with Gasteiger partial charge in [0.05, 0.1) is 19.4 Å². The summed E-state index contributed by atoms with van der Waals surface area (Å²) in [7, 11) is 1.62. The largest absolute Gasteiger partial charge is 0.495 e. The maximum Gasteiger partial charge on any atom is 0.142 e. The van der Waals surface area contributed by atoms with Crippen LogP contribution in [-0.2, 0) is 0 Å². The summed E-state index contributed by atoms with van der Waals surface area (Å²) in [6.45, 7) is 0.811. The van der Waals surface area contributed by atoms with Crippen LogP contribution in [0.3, 0.4) is 0 Å². The molecule has 0 spiro atoms. The fourth-order valence-corrected chi connectivity index (χ4v) is 2.19. The zero-order valence-electron chi connectivity index (χ0n) is 9.74. The highest BCUT2D eigenvalue weighted by atomic mass is 16.5. The molecule has 0 atom stereocenters. The van der Waals surface area contributed by atoms with Crippen molar-refractivity contribution in [3.05, 3.63) is 18.2 Å². The Morgan fingerprint density at radius 2 is 2.06 bits per heavy atom. The topological polar surface area (TPSA) is 44.5 Å². The van der Waals surface area contributed by atoms with E-state index >= 15 is 0 Å². The number of hydrogen-bond donors (Lipinski definition) is 1. The van der Waals surface area contributed by atoms with Crippen LogP contribution in [0, 0.1) is 5.92 Å². The molecule has 0 heterocycles. The van der Waals surface area contributed by atoms with Crippen LogP contribution in [0.15, 0.2) is 18.2 Å².